The molecule has 6 heteroatoms. The molecule has 0 spiro atoms. The Bertz CT molecular complexity index is 487. The number of nitrogens with one attached hydrogen (secondary N) is 2. The molecule has 0 unspecified atom stereocenters. The third kappa shape index (κ3) is 2.53. The summed E-state index contributed by atoms with van der Waals surface area (Å²) < 4.78 is 0. The van der Waals surface area contributed by atoms with Gasteiger partial charge in [-0.15, -0.1) is 0 Å². The van der Waals surface area contributed by atoms with Crippen molar-refractivity contribution in [2.24, 2.45) is 5.73 Å². The Labute approximate surface area is 105 Å². The quantitative estimate of drug-likeness (QED) is 0.712. The first-order valence-electron chi connectivity index (χ1n) is 5.71. The zero-order valence-corrected chi connectivity index (χ0v) is 10.2. The summed E-state index contributed by atoms with van der Waals surface area (Å²) >= 11 is 0. The third-order valence-corrected chi connectivity index (χ3v) is 2.98. The maximum Gasteiger partial charge on any atom is 0.315 e. The molecule has 6 nitrogen and oxygen atoms in total. The van der Waals surface area contributed by atoms with Crippen LogP contribution in [0.5, 0.6) is 0 Å². The molecule has 2 rings (SSSR count). The highest BCUT2D eigenvalue weighted by atomic mass is 16.2. The van der Waals surface area contributed by atoms with Gasteiger partial charge in [-0.1, -0.05) is 18.2 Å². The molecule has 0 bridgehead atoms. The number of nitrogens with zero attached hydrogens (tertiary/aromatic N) is 1. The van der Waals surface area contributed by atoms with Gasteiger partial charge in [-0.25, -0.2) is 9.59 Å². The number of carbonyl (C=O) groups excluding carboxylic acids is 2. The van der Waals surface area contributed by atoms with E-state index in [0.717, 1.165) is 16.7 Å². The molecule has 0 saturated carbocycles. The van der Waals surface area contributed by atoms with Gasteiger partial charge >= 0.3 is 12.1 Å². The monoisotopic (exact) mass is 248 g/mol. The van der Waals surface area contributed by atoms with Crippen molar-refractivity contribution in [2.45, 2.75) is 19.6 Å². The Morgan fingerprint density at radius 3 is 2.72 bits per heavy atom. The second-order valence-electron chi connectivity index (χ2n) is 4.23. The van der Waals surface area contributed by atoms with Gasteiger partial charge in [0.15, 0.2) is 0 Å². The Balaban J connectivity index is 2.04. The van der Waals surface area contributed by atoms with Crippen LogP contribution in [0.2, 0.25) is 0 Å². The number of amides is 4. The zero-order chi connectivity index (χ0) is 13.1. The molecule has 0 aliphatic carbocycles. The minimum absolute atomic E-state index is 0.214. The fourth-order valence-electron chi connectivity index (χ4n) is 1.98. The molecule has 0 atom stereocenters. The number of nitrogens with two attached hydrogens (primary N) is 1. The molecule has 0 radical (unpaired) electrons. The number of fused-ring (bicyclic) bond motifs is 1. The Kier molecular flexibility index (Phi) is 3.36. The number of rotatable bonds is 2. The van der Waals surface area contributed by atoms with Crippen molar-refractivity contribution < 1.29 is 9.59 Å². The predicted octanol–water partition coefficient (Wildman–Crippen LogP) is 0.510. The van der Waals surface area contributed by atoms with E-state index in [4.69, 9.17) is 5.73 Å². The average Bonchev–Trinajstić information content (AvgIpc) is 2.79. The standard InChI is InChI=1S/C12H16N4O2/c1-14-12(18)15-5-8-2-3-9-6-16(11(13)17)7-10(9)4-8/h2-4H,5-7H2,1H3,(H2,13,17)(H2,14,15,18). The summed E-state index contributed by atoms with van der Waals surface area (Å²) in [5.41, 5.74) is 8.45. The molecule has 0 aromatic heterocycles. The lowest BCUT2D eigenvalue weighted by Crippen LogP contribution is -2.32. The fourth-order valence-corrected chi connectivity index (χ4v) is 1.98. The van der Waals surface area contributed by atoms with Crippen molar-refractivity contribution in [3.63, 3.8) is 0 Å². The zero-order valence-electron chi connectivity index (χ0n) is 10.2. The van der Waals surface area contributed by atoms with Crippen molar-refractivity contribution in [1.29, 1.82) is 0 Å². The molecule has 1 aromatic carbocycles. The molecular formula is C12H16N4O2. The number of carbonyl (C=O) groups is 2. The van der Waals surface area contributed by atoms with E-state index >= 15 is 0 Å². The smallest absolute Gasteiger partial charge is 0.315 e. The molecule has 18 heavy (non-hydrogen) atoms. The minimum Gasteiger partial charge on any atom is -0.351 e. The van der Waals surface area contributed by atoms with Gasteiger partial charge in [0.25, 0.3) is 0 Å². The van der Waals surface area contributed by atoms with Crippen molar-refractivity contribution in [2.75, 3.05) is 7.05 Å². The van der Waals surface area contributed by atoms with Crippen LogP contribution in [0.4, 0.5) is 9.59 Å². The molecule has 1 heterocycles. The average molecular weight is 248 g/mol. The highest BCUT2D eigenvalue weighted by molar-refractivity contribution is 5.73. The Morgan fingerprint density at radius 2 is 2.06 bits per heavy atom. The van der Waals surface area contributed by atoms with Crippen LogP contribution < -0.4 is 16.4 Å². The largest absolute Gasteiger partial charge is 0.351 e. The van der Waals surface area contributed by atoms with Crippen LogP contribution in [-0.4, -0.2) is 24.0 Å². The summed E-state index contributed by atoms with van der Waals surface area (Å²) in [5, 5.41) is 5.21. The van der Waals surface area contributed by atoms with Crippen LogP contribution in [0.25, 0.3) is 0 Å². The Hall–Kier alpha value is -2.24. The van der Waals surface area contributed by atoms with E-state index in [9.17, 15) is 9.59 Å². The normalized spacial score (nSPS) is 13.1. The lowest BCUT2D eigenvalue weighted by Gasteiger charge is -2.10. The van der Waals surface area contributed by atoms with Gasteiger partial charge in [-0.05, 0) is 16.7 Å². The van der Waals surface area contributed by atoms with E-state index in [1.54, 1.807) is 11.9 Å². The van der Waals surface area contributed by atoms with E-state index in [0.29, 0.717) is 19.6 Å². The minimum atomic E-state index is -0.406. The molecule has 4 N–H and O–H groups in total. The van der Waals surface area contributed by atoms with Crippen molar-refractivity contribution in [1.82, 2.24) is 15.5 Å². The van der Waals surface area contributed by atoms with E-state index < -0.39 is 6.03 Å². The molecule has 1 aliphatic heterocycles. The molecule has 1 aromatic rings. The summed E-state index contributed by atoms with van der Waals surface area (Å²) in [7, 11) is 1.57. The first-order valence-corrected chi connectivity index (χ1v) is 5.71. The van der Waals surface area contributed by atoms with Gasteiger partial charge in [0.2, 0.25) is 0 Å². The van der Waals surface area contributed by atoms with Crippen molar-refractivity contribution in [3.8, 4) is 0 Å². The highest BCUT2D eigenvalue weighted by Gasteiger charge is 2.21. The highest BCUT2D eigenvalue weighted by Crippen LogP contribution is 2.23. The number of hydrogen-bond donors (Lipinski definition) is 3. The van der Waals surface area contributed by atoms with Crippen LogP contribution >= 0.6 is 0 Å². The van der Waals surface area contributed by atoms with Crippen molar-refractivity contribution >= 4 is 12.1 Å². The van der Waals surface area contributed by atoms with Gasteiger partial charge in [-0.2, -0.15) is 0 Å². The number of hydrogen-bond acceptors (Lipinski definition) is 2. The predicted molar refractivity (Wildman–Crippen MR) is 66.6 cm³/mol. The van der Waals surface area contributed by atoms with E-state index in [1.807, 2.05) is 18.2 Å². The molecule has 0 fully saturated rings. The SMILES string of the molecule is CNC(=O)NCc1ccc2c(c1)CN(C(N)=O)C2. The summed E-state index contributed by atoms with van der Waals surface area (Å²) in [6.07, 6.45) is 0. The maximum absolute atomic E-state index is 11.1. The lowest BCUT2D eigenvalue weighted by molar-refractivity contribution is 0.208. The van der Waals surface area contributed by atoms with Gasteiger partial charge in [0.1, 0.15) is 0 Å². The summed E-state index contributed by atoms with van der Waals surface area (Å²) in [4.78, 5) is 23.7. The van der Waals surface area contributed by atoms with Crippen LogP contribution in [-0.2, 0) is 19.6 Å². The van der Waals surface area contributed by atoms with Crippen LogP contribution in [0.1, 0.15) is 16.7 Å². The van der Waals surface area contributed by atoms with Crippen LogP contribution in [0.15, 0.2) is 18.2 Å². The van der Waals surface area contributed by atoms with Crippen LogP contribution in [0.3, 0.4) is 0 Å². The second-order valence-corrected chi connectivity index (χ2v) is 4.23. The van der Waals surface area contributed by atoms with Gasteiger partial charge in [-0.3, -0.25) is 0 Å². The fraction of sp³-hybridized carbons (Fsp3) is 0.333. The lowest BCUT2D eigenvalue weighted by atomic mass is 10.1. The number of benzene rings is 1. The summed E-state index contributed by atoms with van der Waals surface area (Å²) in [6.45, 7) is 1.57. The first-order chi connectivity index (χ1) is 8.60. The van der Waals surface area contributed by atoms with E-state index in [1.165, 1.54) is 0 Å². The van der Waals surface area contributed by atoms with Crippen LogP contribution in [0, 0.1) is 0 Å². The maximum atomic E-state index is 11.1. The molecule has 0 saturated heterocycles. The molecular weight excluding hydrogens is 232 g/mol. The first kappa shape index (κ1) is 12.2. The molecule has 4 amide bonds. The van der Waals surface area contributed by atoms with Gasteiger partial charge in [0.05, 0.1) is 0 Å². The van der Waals surface area contributed by atoms with E-state index in [2.05, 4.69) is 10.6 Å². The molecule has 1 aliphatic rings. The topological polar surface area (TPSA) is 87.5 Å². The van der Waals surface area contributed by atoms with Gasteiger partial charge < -0.3 is 21.3 Å². The number of primary amides is 1. The summed E-state index contributed by atoms with van der Waals surface area (Å²) in [5.74, 6) is 0. The summed E-state index contributed by atoms with van der Waals surface area (Å²) in [6, 6.07) is 5.29. The van der Waals surface area contributed by atoms with E-state index in [-0.39, 0.29) is 6.03 Å². The molecule has 96 valence electrons. The Morgan fingerprint density at radius 1 is 1.33 bits per heavy atom. The van der Waals surface area contributed by atoms with Gasteiger partial charge in [0, 0.05) is 26.7 Å². The number of urea groups is 2. The third-order valence-electron chi connectivity index (χ3n) is 2.98. The van der Waals surface area contributed by atoms with Crippen molar-refractivity contribution in [3.05, 3.63) is 34.9 Å². The second kappa shape index (κ2) is 4.95.